The standard InChI is InChI=1S/C30H38O/c1-24(13-8-9-14-25(2)16-11-18-27(4)23-31)15-10-17-26(3)20-21-29-28(5)19-12-22-30(29,6)7/h10-11,13-18,20-21,23H,12,19,22H2,1-7H3/b15-10+,16-11+,21-20+,24-13+,25-14-,26-17+,27-18+. The number of aldehydes is 1. The Balaban J connectivity index is 2.69. The summed E-state index contributed by atoms with van der Waals surface area (Å²) in [5, 5.41) is 0. The zero-order chi connectivity index (χ0) is 23.3. The highest BCUT2D eigenvalue weighted by Gasteiger charge is 2.26. The summed E-state index contributed by atoms with van der Waals surface area (Å²) in [6.45, 7) is 14.9. The molecule has 1 nitrogen and oxygen atoms in total. The van der Waals surface area contributed by atoms with E-state index in [0.29, 0.717) is 5.57 Å². The van der Waals surface area contributed by atoms with Crippen molar-refractivity contribution in [3.8, 4) is 11.8 Å². The fraction of sp³-hybridized carbons (Fsp3) is 0.367. The molecule has 0 bridgehead atoms. The molecule has 0 radical (unpaired) electrons. The van der Waals surface area contributed by atoms with Crippen molar-refractivity contribution >= 4 is 6.29 Å². The van der Waals surface area contributed by atoms with Gasteiger partial charge in [0.1, 0.15) is 6.29 Å². The van der Waals surface area contributed by atoms with Crippen LogP contribution in [0.4, 0.5) is 0 Å². The van der Waals surface area contributed by atoms with Gasteiger partial charge in [0.15, 0.2) is 0 Å². The van der Waals surface area contributed by atoms with Crippen molar-refractivity contribution in [1.82, 2.24) is 0 Å². The molecule has 0 fully saturated rings. The van der Waals surface area contributed by atoms with Crippen molar-refractivity contribution in [3.63, 3.8) is 0 Å². The fourth-order valence-corrected chi connectivity index (χ4v) is 3.43. The maximum Gasteiger partial charge on any atom is 0.145 e. The topological polar surface area (TPSA) is 17.1 Å². The highest BCUT2D eigenvalue weighted by molar-refractivity contribution is 5.72. The molecule has 0 aromatic carbocycles. The quantitative estimate of drug-likeness (QED) is 0.178. The van der Waals surface area contributed by atoms with Crippen LogP contribution in [0.3, 0.4) is 0 Å². The van der Waals surface area contributed by atoms with E-state index in [1.54, 1.807) is 13.0 Å². The summed E-state index contributed by atoms with van der Waals surface area (Å²) in [5.74, 6) is 6.10. The predicted molar refractivity (Wildman–Crippen MR) is 137 cm³/mol. The number of hydrogen-bond donors (Lipinski definition) is 0. The van der Waals surface area contributed by atoms with E-state index >= 15 is 0 Å². The molecule has 0 unspecified atom stereocenters. The molecule has 0 aromatic rings. The Morgan fingerprint density at radius 2 is 1.39 bits per heavy atom. The van der Waals surface area contributed by atoms with Crippen LogP contribution in [0.2, 0.25) is 0 Å². The molecule has 0 spiro atoms. The lowest BCUT2D eigenvalue weighted by Gasteiger charge is -2.32. The van der Waals surface area contributed by atoms with E-state index in [1.807, 2.05) is 38.2 Å². The molecular weight excluding hydrogens is 376 g/mol. The van der Waals surface area contributed by atoms with Crippen LogP contribution in [0.25, 0.3) is 0 Å². The molecule has 0 aromatic heterocycles. The summed E-state index contributed by atoms with van der Waals surface area (Å²) in [6.07, 6.45) is 24.8. The lowest BCUT2D eigenvalue weighted by Crippen LogP contribution is -2.19. The second-order valence-corrected chi connectivity index (χ2v) is 8.99. The number of carbonyl (C=O) groups is 1. The maximum absolute atomic E-state index is 10.5. The van der Waals surface area contributed by atoms with Gasteiger partial charge in [0, 0.05) is 0 Å². The summed E-state index contributed by atoms with van der Waals surface area (Å²) in [7, 11) is 0. The summed E-state index contributed by atoms with van der Waals surface area (Å²) in [6, 6.07) is 0. The van der Waals surface area contributed by atoms with Crippen LogP contribution in [0.15, 0.2) is 94.2 Å². The number of carbonyl (C=O) groups excluding carboxylic acids is 1. The van der Waals surface area contributed by atoms with E-state index in [2.05, 4.69) is 69.9 Å². The highest BCUT2D eigenvalue weighted by atomic mass is 16.1. The van der Waals surface area contributed by atoms with Gasteiger partial charge in [-0.3, -0.25) is 4.79 Å². The van der Waals surface area contributed by atoms with Crippen LogP contribution in [0.1, 0.15) is 67.7 Å². The fourth-order valence-electron chi connectivity index (χ4n) is 3.43. The van der Waals surface area contributed by atoms with Crippen molar-refractivity contribution in [2.75, 3.05) is 0 Å². The van der Waals surface area contributed by atoms with Crippen molar-refractivity contribution in [2.45, 2.75) is 67.7 Å². The van der Waals surface area contributed by atoms with Gasteiger partial charge in [-0.05, 0) is 93.7 Å². The first-order chi connectivity index (χ1) is 14.7. The lowest BCUT2D eigenvalue weighted by atomic mass is 9.72. The molecule has 1 aliphatic carbocycles. The monoisotopic (exact) mass is 414 g/mol. The summed E-state index contributed by atoms with van der Waals surface area (Å²) in [5.41, 5.74) is 7.39. The zero-order valence-electron chi connectivity index (χ0n) is 20.4. The Morgan fingerprint density at radius 1 is 0.839 bits per heavy atom. The van der Waals surface area contributed by atoms with E-state index in [0.717, 1.165) is 17.4 Å². The Morgan fingerprint density at radius 3 is 1.90 bits per heavy atom. The Bertz CT molecular complexity index is 938. The minimum absolute atomic E-state index is 0.278. The Kier molecular flexibility index (Phi) is 11.4. The number of hydrogen-bond acceptors (Lipinski definition) is 1. The Labute approximate surface area is 190 Å². The van der Waals surface area contributed by atoms with Crippen LogP contribution >= 0.6 is 0 Å². The first-order valence-electron chi connectivity index (χ1n) is 11.0. The van der Waals surface area contributed by atoms with Gasteiger partial charge in [0.05, 0.1) is 0 Å². The van der Waals surface area contributed by atoms with Gasteiger partial charge >= 0.3 is 0 Å². The summed E-state index contributed by atoms with van der Waals surface area (Å²) < 4.78 is 0. The van der Waals surface area contributed by atoms with E-state index < -0.39 is 0 Å². The summed E-state index contributed by atoms with van der Waals surface area (Å²) >= 11 is 0. The van der Waals surface area contributed by atoms with Crippen molar-refractivity contribution in [3.05, 3.63) is 94.2 Å². The zero-order valence-corrected chi connectivity index (χ0v) is 20.4. The third-order valence-corrected chi connectivity index (χ3v) is 5.36. The van der Waals surface area contributed by atoms with Crippen LogP contribution in [0, 0.1) is 17.3 Å². The summed E-state index contributed by atoms with van der Waals surface area (Å²) in [4.78, 5) is 10.5. The molecule has 1 heteroatoms. The molecule has 0 aliphatic heterocycles. The third-order valence-electron chi connectivity index (χ3n) is 5.36. The third kappa shape index (κ3) is 10.7. The van der Waals surface area contributed by atoms with Gasteiger partial charge in [0.25, 0.3) is 0 Å². The van der Waals surface area contributed by atoms with Gasteiger partial charge in [0.2, 0.25) is 0 Å². The molecule has 0 atom stereocenters. The van der Waals surface area contributed by atoms with Gasteiger partial charge in [-0.1, -0.05) is 85.4 Å². The Hall–Kier alpha value is -2.85. The smallest absolute Gasteiger partial charge is 0.145 e. The molecule has 0 amide bonds. The minimum Gasteiger partial charge on any atom is -0.298 e. The van der Waals surface area contributed by atoms with Crippen LogP contribution in [-0.2, 0) is 4.79 Å². The van der Waals surface area contributed by atoms with Crippen molar-refractivity contribution in [1.29, 1.82) is 0 Å². The lowest BCUT2D eigenvalue weighted by molar-refractivity contribution is -0.104. The second-order valence-electron chi connectivity index (χ2n) is 8.99. The molecule has 1 aliphatic rings. The predicted octanol–water partition coefficient (Wildman–Crippen LogP) is 8.17. The van der Waals surface area contributed by atoms with Crippen molar-refractivity contribution < 1.29 is 4.79 Å². The molecule has 0 saturated heterocycles. The molecular formula is C30H38O. The number of rotatable bonds is 7. The molecule has 0 N–H and O–H groups in total. The van der Waals surface area contributed by atoms with Gasteiger partial charge in [-0.25, -0.2) is 0 Å². The van der Waals surface area contributed by atoms with Crippen molar-refractivity contribution in [2.24, 2.45) is 5.41 Å². The molecule has 31 heavy (non-hydrogen) atoms. The van der Waals surface area contributed by atoms with Crippen LogP contribution in [-0.4, -0.2) is 6.29 Å². The SMILES string of the molecule is CC1=C(/C=C/C(C)=C/C=C/C(C)=C/C#C\C=C(C)/C=C/C=C(\C)C=O)C(C)(C)CCC1. The van der Waals surface area contributed by atoms with Crippen LogP contribution in [0.5, 0.6) is 0 Å². The van der Waals surface area contributed by atoms with Crippen LogP contribution < -0.4 is 0 Å². The first kappa shape index (κ1) is 26.2. The van der Waals surface area contributed by atoms with Gasteiger partial charge in [-0.2, -0.15) is 0 Å². The normalized spacial score (nSPS) is 18.8. The van der Waals surface area contributed by atoms with E-state index in [9.17, 15) is 4.79 Å². The average molecular weight is 415 g/mol. The molecule has 0 saturated carbocycles. The molecule has 164 valence electrons. The van der Waals surface area contributed by atoms with E-state index in [1.165, 1.54) is 36.0 Å². The molecule has 0 heterocycles. The number of allylic oxidation sites excluding steroid dienone is 16. The average Bonchev–Trinajstić information content (AvgIpc) is 2.70. The van der Waals surface area contributed by atoms with Gasteiger partial charge < -0.3 is 0 Å². The molecule has 1 rings (SSSR count). The second kappa shape index (κ2) is 13.5. The minimum atomic E-state index is 0.278. The maximum atomic E-state index is 10.5. The van der Waals surface area contributed by atoms with Gasteiger partial charge in [-0.15, -0.1) is 0 Å². The largest absolute Gasteiger partial charge is 0.298 e. The van der Waals surface area contributed by atoms with E-state index in [-0.39, 0.29) is 5.41 Å². The first-order valence-corrected chi connectivity index (χ1v) is 11.0. The van der Waals surface area contributed by atoms with E-state index in [4.69, 9.17) is 0 Å². The highest BCUT2D eigenvalue weighted by Crippen LogP contribution is 2.40.